The molecule has 0 amide bonds. The lowest BCUT2D eigenvalue weighted by Crippen LogP contribution is -2.23. The number of benzene rings is 3. The smallest absolute Gasteiger partial charge is 0.342 e. The Hall–Kier alpha value is -4.02. The van der Waals surface area contributed by atoms with E-state index in [4.69, 9.17) is 13.9 Å². The Kier molecular flexibility index (Phi) is 7.89. The molecule has 4 rings (SSSR count). The third kappa shape index (κ3) is 6.02. The summed E-state index contributed by atoms with van der Waals surface area (Å²) in [5, 5.41) is 0.381. The average molecular weight is 554 g/mol. The molecule has 1 unspecified atom stereocenters. The molecule has 4 aromatic rings. The molecule has 0 fully saturated rings. The summed E-state index contributed by atoms with van der Waals surface area (Å²) in [6, 6.07) is 15.3. The highest BCUT2D eigenvalue weighted by atomic mass is 32.2. The highest BCUT2D eigenvalue weighted by Crippen LogP contribution is 2.41. The number of carbonyl (C=O) groups is 2. The molecule has 0 aliphatic carbocycles. The number of rotatable bonds is 7. The Balaban J connectivity index is 1.99. The molecule has 1 atom stereocenters. The van der Waals surface area contributed by atoms with Gasteiger partial charge in [-0.1, -0.05) is 12.1 Å². The number of nitrogens with zero attached hydrogens (tertiary/aromatic N) is 1. The first kappa shape index (κ1) is 28.0. The molecular weight excluding hydrogens is 525 g/mol. The van der Waals surface area contributed by atoms with E-state index in [0.29, 0.717) is 27.8 Å². The number of furan rings is 1. The van der Waals surface area contributed by atoms with Crippen LogP contribution in [-0.4, -0.2) is 40.0 Å². The van der Waals surface area contributed by atoms with Crippen molar-refractivity contribution in [3.8, 4) is 22.5 Å². The Bertz CT molecular complexity index is 1570. The van der Waals surface area contributed by atoms with E-state index in [1.54, 1.807) is 58.0 Å². The number of hydrogen-bond acceptors (Lipinski definition) is 6. The van der Waals surface area contributed by atoms with Crippen LogP contribution in [0.3, 0.4) is 0 Å². The zero-order valence-electron chi connectivity index (χ0n) is 22.1. The molecule has 0 aliphatic heterocycles. The molecule has 1 N–H and O–H groups in total. The van der Waals surface area contributed by atoms with Gasteiger partial charge in [0.05, 0.1) is 17.9 Å². The maximum Gasteiger partial charge on any atom is 0.342 e. The van der Waals surface area contributed by atoms with Gasteiger partial charge in [0.2, 0.25) is 0 Å². The zero-order chi connectivity index (χ0) is 28.5. The number of anilines is 1. The Morgan fingerprint density at radius 3 is 2.33 bits per heavy atom. The van der Waals surface area contributed by atoms with E-state index in [-0.39, 0.29) is 29.1 Å². The summed E-state index contributed by atoms with van der Waals surface area (Å²) in [5.74, 6) is -1.45. The van der Waals surface area contributed by atoms with Gasteiger partial charge < -0.3 is 13.9 Å². The predicted octanol–water partition coefficient (Wildman–Crippen LogP) is 6.61. The third-order valence-corrected chi connectivity index (χ3v) is 6.44. The molecule has 10 heteroatoms. The lowest BCUT2D eigenvalue weighted by molar-refractivity contribution is 0.00692. The normalized spacial score (nSPS) is 12.3. The summed E-state index contributed by atoms with van der Waals surface area (Å²) in [6.45, 7) is 7.08. The summed E-state index contributed by atoms with van der Waals surface area (Å²) in [6.07, 6.45) is 0. The van der Waals surface area contributed by atoms with Crippen molar-refractivity contribution in [2.45, 2.75) is 33.3 Å². The quantitative estimate of drug-likeness (QED) is 0.203. The number of halogens is 1. The average Bonchev–Trinajstić information content (AvgIpc) is 3.25. The second-order valence-electron chi connectivity index (χ2n) is 9.71. The van der Waals surface area contributed by atoms with Gasteiger partial charge in [-0.05, 0) is 75.7 Å². The molecule has 0 aliphatic rings. The highest BCUT2D eigenvalue weighted by Gasteiger charge is 2.27. The van der Waals surface area contributed by atoms with Crippen LogP contribution in [-0.2, 0) is 20.7 Å². The molecule has 1 aromatic heterocycles. The van der Waals surface area contributed by atoms with Crippen LogP contribution >= 0.6 is 0 Å². The van der Waals surface area contributed by atoms with E-state index in [0.717, 1.165) is 4.31 Å². The molecule has 3 aromatic carbocycles. The van der Waals surface area contributed by atoms with Gasteiger partial charge in [-0.2, -0.15) is 0 Å². The van der Waals surface area contributed by atoms with E-state index >= 15 is 0 Å². The van der Waals surface area contributed by atoms with Gasteiger partial charge in [-0.3, -0.25) is 8.86 Å². The van der Waals surface area contributed by atoms with Crippen LogP contribution in [0.1, 0.15) is 48.4 Å². The van der Waals surface area contributed by atoms with Crippen LogP contribution in [0, 0.1) is 5.82 Å². The second-order valence-corrected chi connectivity index (χ2v) is 10.7. The molecule has 0 saturated carbocycles. The Morgan fingerprint density at radius 1 is 1.03 bits per heavy atom. The molecule has 0 bridgehead atoms. The summed E-state index contributed by atoms with van der Waals surface area (Å²) in [4.78, 5) is 25.9. The molecular formula is C29H28FNO7S. The summed E-state index contributed by atoms with van der Waals surface area (Å²) >= 11 is -2.40. The van der Waals surface area contributed by atoms with Crippen molar-refractivity contribution in [1.29, 1.82) is 0 Å². The van der Waals surface area contributed by atoms with Crippen molar-refractivity contribution in [2.75, 3.05) is 18.0 Å². The molecule has 1 heterocycles. The minimum atomic E-state index is -2.40. The zero-order valence-corrected chi connectivity index (χ0v) is 22.9. The van der Waals surface area contributed by atoms with Crippen molar-refractivity contribution in [1.82, 2.24) is 0 Å². The van der Waals surface area contributed by atoms with Gasteiger partial charge in [0, 0.05) is 29.6 Å². The molecule has 0 saturated heterocycles. The summed E-state index contributed by atoms with van der Waals surface area (Å²) in [7, 11) is 1.43. The highest BCUT2D eigenvalue weighted by molar-refractivity contribution is 7.80. The van der Waals surface area contributed by atoms with Gasteiger partial charge >= 0.3 is 11.9 Å². The van der Waals surface area contributed by atoms with Gasteiger partial charge in [-0.15, -0.1) is 0 Å². The van der Waals surface area contributed by atoms with E-state index < -0.39 is 34.6 Å². The fourth-order valence-electron chi connectivity index (χ4n) is 4.07. The van der Waals surface area contributed by atoms with Crippen molar-refractivity contribution in [3.05, 3.63) is 77.6 Å². The second kappa shape index (κ2) is 11.0. The molecule has 39 heavy (non-hydrogen) atoms. The minimum Gasteiger partial charge on any atom is -0.462 e. The lowest BCUT2D eigenvalue weighted by atomic mass is 9.97. The van der Waals surface area contributed by atoms with Crippen molar-refractivity contribution < 1.29 is 36.6 Å². The Morgan fingerprint density at radius 2 is 1.72 bits per heavy atom. The van der Waals surface area contributed by atoms with E-state index in [1.807, 2.05) is 0 Å². The Labute approximate surface area is 227 Å². The van der Waals surface area contributed by atoms with E-state index in [2.05, 4.69) is 0 Å². The van der Waals surface area contributed by atoms with Gasteiger partial charge in [0.15, 0.2) is 0 Å². The van der Waals surface area contributed by atoms with Gasteiger partial charge in [0.25, 0.3) is 11.3 Å². The number of ether oxygens (including phenoxy) is 2. The molecule has 8 nitrogen and oxygen atoms in total. The molecule has 0 radical (unpaired) electrons. The maximum atomic E-state index is 13.6. The third-order valence-electron chi connectivity index (χ3n) is 5.77. The van der Waals surface area contributed by atoms with Crippen molar-refractivity contribution >= 4 is 39.9 Å². The van der Waals surface area contributed by atoms with Crippen LogP contribution in [0.2, 0.25) is 0 Å². The minimum absolute atomic E-state index is 0.115. The van der Waals surface area contributed by atoms with E-state index in [1.165, 1.54) is 37.4 Å². The summed E-state index contributed by atoms with van der Waals surface area (Å²) < 4.78 is 53.6. The molecule has 0 spiro atoms. The summed E-state index contributed by atoms with van der Waals surface area (Å²) in [5.41, 5.74) is 1.70. The number of esters is 2. The van der Waals surface area contributed by atoms with E-state index in [9.17, 15) is 22.7 Å². The van der Waals surface area contributed by atoms with Crippen LogP contribution in [0.5, 0.6) is 0 Å². The monoisotopic (exact) mass is 553 g/mol. The molecule has 204 valence electrons. The van der Waals surface area contributed by atoms with Gasteiger partial charge in [0.1, 0.15) is 28.3 Å². The van der Waals surface area contributed by atoms with Crippen molar-refractivity contribution in [2.24, 2.45) is 0 Å². The standard InChI is InChI=1S/C29H28FNO7S/c1-6-36-28(33)25-22-15-21(18-8-7-9-19(14-18)27(32)38-29(2,3)4)23(31(5)39(34)35)16-24(22)37-26(25)17-10-12-20(30)13-11-17/h7-16H,6H2,1-5H3,(H,34,35). The van der Waals surface area contributed by atoms with Crippen LogP contribution < -0.4 is 4.31 Å². The number of carbonyl (C=O) groups excluding carboxylic acids is 2. The van der Waals surface area contributed by atoms with Crippen molar-refractivity contribution in [3.63, 3.8) is 0 Å². The lowest BCUT2D eigenvalue weighted by Gasteiger charge is -2.20. The fraction of sp³-hybridized carbons (Fsp3) is 0.241. The van der Waals surface area contributed by atoms with Gasteiger partial charge in [-0.25, -0.2) is 18.2 Å². The first-order valence-corrected chi connectivity index (χ1v) is 13.2. The maximum absolute atomic E-state index is 13.6. The first-order valence-electron chi connectivity index (χ1n) is 12.1. The number of hydrogen-bond donors (Lipinski definition) is 1. The SMILES string of the molecule is CCOC(=O)c1c(-c2ccc(F)cc2)oc2cc(N(C)S(=O)O)c(-c3cccc(C(=O)OC(C)(C)C)c3)cc12. The first-order chi connectivity index (χ1) is 18.4. The van der Waals surface area contributed by atoms with Crippen LogP contribution in [0.15, 0.2) is 65.1 Å². The largest absolute Gasteiger partial charge is 0.462 e. The fourth-order valence-corrected chi connectivity index (χ4v) is 4.39. The van der Waals surface area contributed by atoms with Crippen LogP contribution in [0.4, 0.5) is 10.1 Å². The topological polar surface area (TPSA) is 106 Å². The van der Waals surface area contributed by atoms with Crippen LogP contribution in [0.25, 0.3) is 33.4 Å². The number of fused-ring (bicyclic) bond motifs is 1. The predicted molar refractivity (Wildman–Crippen MR) is 147 cm³/mol.